The van der Waals surface area contributed by atoms with Gasteiger partial charge in [0.05, 0.1) is 45.0 Å². The van der Waals surface area contributed by atoms with Crippen LogP contribution in [0.4, 0.5) is 5.69 Å². The molecule has 0 saturated heterocycles. The molecule has 0 heterocycles. The fourth-order valence-electron chi connectivity index (χ4n) is 2.39. The molecule has 28 heavy (non-hydrogen) atoms. The molecule has 0 aliphatic carbocycles. The minimum absolute atomic E-state index is 0.201. The Morgan fingerprint density at radius 3 is 2.25 bits per heavy atom. The van der Waals surface area contributed by atoms with Gasteiger partial charge >= 0.3 is 17.9 Å². The fraction of sp³-hybridized carbons (Fsp3) is 0.412. The van der Waals surface area contributed by atoms with Gasteiger partial charge in [-0.3, -0.25) is 24.5 Å². The molecule has 1 rings (SSSR count). The monoisotopic (exact) mass is 396 g/mol. The van der Waals surface area contributed by atoms with Crippen molar-refractivity contribution in [3.8, 4) is 0 Å². The first-order valence-electron chi connectivity index (χ1n) is 7.98. The highest BCUT2D eigenvalue weighted by atomic mass is 16.6. The molecule has 0 aliphatic heterocycles. The van der Waals surface area contributed by atoms with E-state index < -0.39 is 47.1 Å². The topological polar surface area (TPSA) is 151 Å². The molecule has 0 aromatic heterocycles. The largest absolute Gasteiger partial charge is 0.469 e. The summed E-state index contributed by atoms with van der Waals surface area (Å²) in [6.07, 6.45) is -0.832. The Balaban J connectivity index is 3.03. The maximum atomic E-state index is 12.3. The minimum Gasteiger partial charge on any atom is -0.469 e. The van der Waals surface area contributed by atoms with Crippen molar-refractivity contribution in [2.24, 2.45) is 5.92 Å². The predicted molar refractivity (Wildman–Crippen MR) is 92.9 cm³/mol. The van der Waals surface area contributed by atoms with Gasteiger partial charge in [-0.25, -0.2) is 4.79 Å². The summed E-state index contributed by atoms with van der Waals surface area (Å²) < 4.78 is 13.7. The van der Waals surface area contributed by atoms with Gasteiger partial charge in [-0.1, -0.05) is 12.1 Å². The molecule has 0 unspecified atom stereocenters. The van der Waals surface area contributed by atoms with Crippen molar-refractivity contribution in [2.45, 2.75) is 18.9 Å². The van der Waals surface area contributed by atoms with Crippen LogP contribution < -0.4 is 5.32 Å². The van der Waals surface area contributed by atoms with Crippen LogP contribution in [0.1, 0.15) is 12.0 Å². The van der Waals surface area contributed by atoms with Crippen molar-refractivity contribution >= 4 is 29.5 Å². The number of ether oxygens (including phenoxy) is 3. The highest BCUT2D eigenvalue weighted by Gasteiger charge is 2.38. The zero-order valence-corrected chi connectivity index (χ0v) is 15.5. The summed E-state index contributed by atoms with van der Waals surface area (Å²) >= 11 is 0. The molecule has 0 radical (unpaired) electrons. The molecule has 2 atom stereocenters. The van der Waals surface area contributed by atoms with E-state index in [0.717, 1.165) is 21.3 Å². The Bertz CT molecular complexity index is 763. The Labute approximate surface area is 160 Å². The Morgan fingerprint density at radius 1 is 1.07 bits per heavy atom. The van der Waals surface area contributed by atoms with Crippen LogP contribution in [0.2, 0.25) is 0 Å². The second-order valence-electron chi connectivity index (χ2n) is 5.58. The van der Waals surface area contributed by atoms with Gasteiger partial charge < -0.3 is 19.5 Å². The number of methoxy groups -OCH3 is 3. The molecule has 11 heteroatoms. The molecule has 1 aromatic rings. The number of amides is 1. The number of nitrogens with one attached hydrogen (secondary N) is 1. The van der Waals surface area contributed by atoms with E-state index in [1.54, 1.807) is 0 Å². The number of non-ortho nitro benzene ring substituents is 1. The number of nitro benzene ring substituents is 1. The molecular weight excluding hydrogens is 376 g/mol. The Hall–Kier alpha value is -3.50. The standard InChI is InChI=1S/C17H20N2O9/c1-26-14(21)9-12(16(22)27-2)15(17(23)28-3)18-13(20)8-10-5-4-6-11(7-10)19(24)25/h4-7,12,15H,8-9H2,1-3H3,(H,18,20)/t12-,15+/m0/s1. The van der Waals surface area contributed by atoms with Gasteiger partial charge in [-0.2, -0.15) is 0 Å². The number of benzene rings is 1. The summed E-state index contributed by atoms with van der Waals surface area (Å²) in [5.74, 6) is -4.77. The lowest BCUT2D eigenvalue weighted by atomic mass is 9.95. The van der Waals surface area contributed by atoms with Crippen molar-refractivity contribution < 1.29 is 38.3 Å². The third-order valence-electron chi connectivity index (χ3n) is 3.78. The van der Waals surface area contributed by atoms with Crippen molar-refractivity contribution in [3.05, 3.63) is 39.9 Å². The first-order valence-corrected chi connectivity index (χ1v) is 7.98. The van der Waals surface area contributed by atoms with Crippen molar-refractivity contribution in [1.29, 1.82) is 0 Å². The lowest BCUT2D eigenvalue weighted by molar-refractivity contribution is -0.384. The van der Waals surface area contributed by atoms with E-state index in [9.17, 15) is 29.3 Å². The van der Waals surface area contributed by atoms with Gasteiger partial charge in [0, 0.05) is 12.1 Å². The number of hydrogen-bond acceptors (Lipinski definition) is 9. The molecule has 0 spiro atoms. The van der Waals surface area contributed by atoms with E-state index in [1.165, 1.54) is 24.3 Å². The molecule has 1 aromatic carbocycles. The highest BCUT2D eigenvalue weighted by molar-refractivity contribution is 5.91. The average Bonchev–Trinajstić information content (AvgIpc) is 2.69. The summed E-state index contributed by atoms with van der Waals surface area (Å²) in [6.45, 7) is 0. The quantitative estimate of drug-likeness (QED) is 0.266. The van der Waals surface area contributed by atoms with Gasteiger partial charge in [0.15, 0.2) is 0 Å². The maximum Gasteiger partial charge on any atom is 0.329 e. The van der Waals surface area contributed by atoms with Crippen LogP contribution in [0.5, 0.6) is 0 Å². The second-order valence-corrected chi connectivity index (χ2v) is 5.58. The third-order valence-corrected chi connectivity index (χ3v) is 3.78. The van der Waals surface area contributed by atoms with Crippen LogP contribution in [-0.2, 0) is 39.8 Å². The molecule has 1 N–H and O–H groups in total. The molecule has 11 nitrogen and oxygen atoms in total. The maximum absolute atomic E-state index is 12.3. The van der Waals surface area contributed by atoms with Gasteiger partial charge in [-0.05, 0) is 5.56 Å². The van der Waals surface area contributed by atoms with E-state index in [2.05, 4.69) is 19.5 Å². The van der Waals surface area contributed by atoms with E-state index in [4.69, 9.17) is 0 Å². The van der Waals surface area contributed by atoms with Crippen LogP contribution in [0.3, 0.4) is 0 Å². The first kappa shape index (κ1) is 22.5. The number of esters is 3. The summed E-state index contributed by atoms with van der Waals surface area (Å²) in [6, 6.07) is 3.86. The number of hydrogen-bond donors (Lipinski definition) is 1. The predicted octanol–water partition coefficient (Wildman–Crippen LogP) is 0.147. The molecule has 152 valence electrons. The zero-order valence-electron chi connectivity index (χ0n) is 15.5. The fourth-order valence-corrected chi connectivity index (χ4v) is 2.39. The van der Waals surface area contributed by atoms with Crippen LogP contribution >= 0.6 is 0 Å². The number of nitro groups is 1. The van der Waals surface area contributed by atoms with E-state index in [1.807, 2.05) is 0 Å². The number of nitrogens with zero attached hydrogens (tertiary/aromatic N) is 1. The molecule has 0 bridgehead atoms. The molecular formula is C17H20N2O9. The first-order chi connectivity index (χ1) is 13.2. The second kappa shape index (κ2) is 10.6. The molecule has 0 saturated carbocycles. The number of carbonyl (C=O) groups is 4. The van der Waals surface area contributed by atoms with E-state index in [0.29, 0.717) is 5.56 Å². The minimum atomic E-state index is -1.51. The Morgan fingerprint density at radius 2 is 1.71 bits per heavy atom. The molecule has 0 aliphatic rings. The highest BCUT2D eigenvalue weighted by Crippen LogP contribution is 2.16. The summed E-state index contributed by atoms with van der Waals surface area (Å²) in [7, 11) is 3.21. The van der Waals surface area contributed by atoms with Gasteiger partial charge in [-0.15, -0.1) is 0 Å². The average molecular weight is 396 g/mol. The van der Waals surface area contributed by atoms with Crippen molar-refractivity contribution in [2.75, 3.05) is 21.3 Å². The lowest BCUT2D eigenvalue weighted by Gasteiger charge is -2.23. The van der Waals surface area contributed by atoms with Crippen LogP contribution in [-0.4, -0.2) is 56.1 Å². The van der Waals surface area contributed by atoms with Gasteiger partial charge in [0.1, 0.15) is 6.04 Å². The van der Waals surface area contributed by atoms with Crippen LogP contribution in [0.25, 0.3) is 0 Å². The molecule has 0 fully saturated rings. The van der Waals surface area contributed by atoms with E-state index >= 15 is 0 Å². The zero-order chi connectivity index (χ0) is 21.3. The normalized spacial score (nSPS) is 12.2. The third kappa shape index (κ3) is 6.34. The summed E-state index contributed by atoms with van der Waals surface area (Å²) in [5.41, 5.74) is 0.117. The van der Waals surface area contributed by atoms with Gasteiger partial charge in [0.25, 0.3) is 5.69 Å². The SMILES string of the molecule is COC(=O)C[C@H](C(=O)OC)[C@@H](NC(=O)Cc1cccc([N+](=O)[O-])c1)C(=O)OC. The van der Waals surface area contributed by atoms with Gasteiger partial charge in [0.2, 0.25) is 5.91 Å². The summed E-state index contributed by atoms with van der Waals surface area (Å²) in [5, 5.41) is 13.1. The van der Waals surface area contributed by atoms with Crippen molar-refractivity contribution in [3.63, 3.8) is 0 Å². The molecule has 1 amide bonds. The van der Waals surface area contributed by atoms with E-state index in [-0.39, 0.29) is 12.1 Å². The van der Waals surface area contributed by atoms with Crippen molar-refractivity contribution in [1.82, 2.24) is 5.32 Å². The Kier molecular flexibility index (Phi) is 8.53. The van der Waals surface area contributed by atoms with Crippen LogP contribution in [0, 0.1) is 16.0 Å². The van der Waals surface area contributed by atoms with Crippen LogP contribution in [0.15, 0.2) is 24.3 Å². The number of carbonyl (C=O) groups excluding carboxylic acids is 4. The summed E-state index contributed by atoms with van der Waals surface area (Å²) in [4.78, 5) is 58.2. The number of rotatable bonds is 9. The lowest BCUT2D eigenvalue weighted by Crippen LogP contribution is -2.50. The smallest absolute Gasteiger partial charge is 0.329 e.